The highest BCUT2D eigenvalue weighted by molar-refractivity contribution is 7.80. The predicted molar refractivity (Wildman–Crippen MR) is 83.3 cm³/mol. The van der Waals surface area contributed by atoms with Crippen LogP contribution in [0.1, 0.15) is 39.0 Å². The number of carbonyl (C=O) groups excluding carboxylic acids is 2. The summed E-state index contributed by atoms with van der Waals surface area (Å²) < 4.78 is 0. The van der Waals surface area contributed by atoms with Crippen molar-refractivity contribution in [2.45, 2.75) is 39.0 Å². The molecule has 0 atom stereocenters. The van der Waals surface area contributed by atoms with E-state index in [0.29, 0.717) is 19.4 Å². The van der Waals surface area contributed by atoms with Crippen LogP contribution in [0.4, 0.5) is 0 Å². The molecule has 1 saturated carbocycles. The van der Waals surface area contributed by atoms with Crippen molar-refractivity contribution in [3.8, 4) is 0 Å². The molecule has 0 radical (unpaired) electrons. The van der Waals surface area contributed by atoms with Gasteiger partial charge in [-0.2, -0.15) is 0 Å². The number of thiocarbonyl (C=S) groups is 1. The number of nitrogens with zero attached hydrogens (tertiary/aromatic N) is 2. The molecule has 2 amide bonds. The van der Waals surface area contributed by atoms with E-state index in [0.717, 1.165) is 19.3 Å². The fourth-order valence-corrected chi connectivity index (χ4v) is 2.95. The molecule has 5 nitrogen and oxygen atoms in total. The molecule has 20 heavy (non-hydrogen) atoms. The number of amides is 2. The molecule has 114 valence electrons. The van der Waals surface area contributed by atoms with Crippen LogP contribution in [0.5, 0.6) is 0 Å². The molecule has 0 unspecified atom stereocenters. The van der Waals surface area contributed by atoms with Crippen LogP contribution >= 0.6 is 12.2 Å². The number of rotatable bonds is 5. The first-order valence-corrected chi connectivity index (χ1v) is 7.55. The van der Waals surface area contributed by atoms with Crippen LogP contribution in [0.25, 0.3) is 0 Å². The molecule has 1 rings (SSSR count). The average Bonchev–Trinajstić information content (AvgIpc) is 2.44. The summed E-state index contributed by atoms with van der Waals surface area (Å²) in [5, 5.41) is 0. The lowest BCUT2D eigenvalue weighted by Crippen LogP contribution is -2.53. The van der Waals surface area contributed by atoms with Crippen molar-refractivity contribution in [1.82, 2.24) is 9.80 Å². The maximum absolute atomic E-state index is 12.8. The summed E-state index contributed by atoms with van der Waals surface area (Å²) in [6.45, 7) is 2.45. The van der Waals surface area contributed by atoms with Crippen molar-refractivity contribution >= 4 is 29.0 Å². The van der Waals surface area contributed by atoms with Gasteiger partial charge in [-0.3, -0.25) is 9.59 Å². The normalized spacial score (nSPS) is 17.4. The molecular formula is C14H25N3O2S. The summed E-state index contributed by atoms with van der Waals surface area (Å²) in [5.41, 5.74) is 5.13. The van der Waals surface area contributed by atoms with E-state index in [-0.39, 0.29) is 23.3 Å². The molecule has 0 aromatic heterocycles. The first-order chi connectivity index (χ1) is 9.35. The van der Waals surface area contributed by atoms with Crippen molar-refractivity contribution in [2.24, 2.45) is 11.1 Å². The average molecular weight is 299 g/mol. The Hall–Kier alpha value is -1.17. The van der Waals surface area contributed by atoms with Gasteiger partial charge in [0.15, 0.2) is 0 Å². The van der Waals surface area contributed by atoms with Crippen molar-refractivity contribution in [3.63, 3.8) is 0 Å². The highest BCUT2D eigenvalue weighted by Gasteiger charge is 2.44. The SMILES string of the molecule is CCN(CC(=O)N(C)C)C(=O)C1(C(N)=S)CCCCC1. The summed E-state index contributed by atoms with van der Waals surface area (Å²) >= 11 is 5.17. The summed E-state index contributed by atoms with van der Waals surface area (Å²) in [4.78, 5) is 28.0. The van der Waals surface area contributed by atoms with Crippen molar-refractivity contribution < 1.29 is 9.59 Å². The second-order valence-electron chi connectivity index (χ2n) is 5.61. The zero-order valence-corrected chi connectivity index (χ0v) is 13.5. The largest absolute Gasteiger partial charge is 0.392 e. The smallest absolute Gasteiger partial charge is 0.241 e. The summed E-state index contributed by atoms with van der Waals surface area (Å²) in [7, 11) is 3.37. The summed E-state index contributed by atoms with van der Waals surface area (Å²) in [6, 6.07) is 0. The molecule has 0 aromatic carbocycles. The maximum Gasteiger partial charge on any atom is 0.241 e. The van der Waals surface area contributed by atoms with Crippen LogP contribution in [0.3, 0.4) is 0 Å². The van der Waals surface area contributed by atoms with Crippen LogP contribution in [0.2, 0.25) is 0 Å². The molecule has 2 N–H and O–H groups in total. The summed E-state index contributed by atoms with van der Waals surface area (Å²) in [5.74, 6) is -0.170. The minimum absolute atomic E-state index is 0.0811. The second kappa shape index (κ2) is 7.02. The molecule has 1 aliphatic carbocycles. The fourth-order valence-electron chi connectivity index (χ4n) is 2.66. The monoisotopic (exact) mass is 299 g/mol. The quantitative estimate of drug-likeness (QED) is 0.774. The van der Waals surface area contributed by atoms with E-state index in [4.69, 9.17) is 18.0 Å². The van der Waals surface area contributed by atoms with Gasteiger partial charge in [0, 0.05) is 20.6 Å². The van der Waals surface area contributed by atoms with Gasteiger partial charge in [-0.05, 0) is 19.8 Å². The third-order valence-corrected chi connectivity index (χ3v) is 4.47. The van der Waals surface area contributed by atoms with Crippen LogP contribution in [0, 0.1) is 5.41 Å². The van der Waals surface area contributed by atoms with Gasteiger partial charge < -0.3 is 15.5 Å². The van der Waals surface area contributed by atoms with Crippen LogP contribution in [-0.2, 0) is 9.59 Å². The van der Waals surface area contributed by atoms with Gasteiger partial charge in [-0.15, -0.1) is 0 Å². The molecule has 1 fully saturated rings. The Balaban J connectivity index is 2.92. The Morgan fingerprint density at radius 3 is 2.15 bits per heavy atom. The number of carbonyl (C=O) groups is 2. The Bertz CT molecular complexity index is 390. The second-order valence-corrected chi connectivity index (χ2v) is 6.05. The lowest BCUT2D eigenvalue weighted by atomic mass is 9.73. The molecule has 1 aliphatic rings. The Labute approximate surface area is 126 Å². The Morgan fingerprint density at radius 1 is 1.20 bits per heavy atom. The Kier molecular flexibility index (Phi) is 5.92. The highest BCUT2D eigenvalue weighted by Crippen LogP contribution is 2.38. The zero-order valence-electron chi connectivity index (χ0n) is 12.6. The number of hydrogen-bond acceptors (Lipinski definition) is 3. The van der Waals surface area contributed by atoms with Gasteiger partial charge in [0.1, 0.15) is 0 Å². The van der Waals surface area contributed by atoms with E-state index in [1.54, 1.807) is 19.0 Å². The fraction of sp³-hybridized carbons (Fsp3) is 0.786. The van der Waals surface area contributed by atoms with Crippen molar-refractivity contribution in [3.05, 3.63) is 0 Å². The van der Waals surface area contributed by atoms with E-state index < -0.39 is 5.41 Å². The minimum Gasteiger partial charge on any atom is -0.392 e. The molecular weight excluding hydrogens is 274 g/mol. The first kappa shape index (κ1) is 16.9. The van der Waals surface area contributed by atoms with Crippen molar-refractivity contribution in [1.29, 1.82) is 0 Å². The van der Waals surface area contributed by atoms with Gasteiger partial charge >= 0.3 is 0 Å². The lowest BCUT2D eigenvalue weighted by molar-refractivity contribution is -0.144. The third kappa shape index (κ3) is 3.48. The van der Waals surface area contributed by atoms with Crippen molar-refractivity contribution in [2.75, 3.05) is 27.2 Å². The standard InChI is InChI=1S/C14H25N3O2S/c1-4-17(10-11(18)16(2)3)13(19)14(12(15)20)8-6-5-7-9-14/h4-10H2,1-3H3,(H2,15,20). The maximum atomic E-state index is 12.8. The zero-order chi connectivity index (χ0) is 15.3. The van der Waals surface area contributed by atoms with Gasteiger partial charge in [0.2, 0.25) is 11.8 Å². The van der Waals surface area contributed by atoms with E-state index in [1.807, 2.05) is 6.92 Å². The topological polar surface area (TPSA) is 66.6 Å². The Morgan fingerprint density at radius 2 is 1.75 bits per heavy atom. The van der Waals surface area contributed by atoms with Crippen LogP contribution in [-0.4, -0.2) is 53.8 Å². The van der Waals surface area contributed by atoms with Crippen LogP contribution in [0.15, 0.2) is 0 Å². The van der Waals surface area contributed by atoms with E-state index in [1.165, 1.54) is 4.90 Å². The van der Waals surface area contributed by atoms with E-state index in [9.17, 15) is 9.59 Å². The van der Waals surface area contributed by atoms with Gasteiger partial charge in [0.05, 0.1) is 16.9 Å². The van der Waals surface area contributed by atoms with Gasteiger partial charge in [-0.25, -0.2) is 0 Å². The minimum atomic E-state index is -0.740. The van der Waals surface area contributed by atoms with E-state index >= 15 is 0 Å². The van der Waals surface area contributed by atoms with Gasteiger partial charge in [0.25, 0.3) is 0 Å². The molecule has 0 aliphatic heterocycles. The molecule has 0 spiro atoms. The van der Waals surface area contributed by atoms with E-state index in [2.05, 4.69) is 0 Å². The predicted octanol–water partition coefficient (Wildman–Crippen LogP) is 1.16. The van der Waals surface area contributed by atoms with Crippen LogP contribution < -0.4 is 5.73 Å². The molecule has 0 saturated heterocycles. The van der Waals surface area contributed by atoms with Gasteiger partial charge in [-0.1, -0.05) is 31.5 Å². The molecule has 0 bridgehead atoms. The third-order valence-electron chi connectivity index (χ3n) is 4.08. The lowest BCUT2D eigenvalue weighted by Gasteiger charge is -2.38. The summed E-state index contributed by atoms with van der Waals surface area (Å²) in [6.07, 6.45) is 4.44. The first-order valence-electron chi connectivity index (χ1n) is 7.14. The number of hydrogen-bond donors (Lipinski definition) is 1. The number of nitrogens with two attached hydrogens (primary N) is 1. The molecule has 6 heteroatoms. The molecule has 0 aromatic rings. The number of likely N-dealkylation sites (N-methyl/N-ethyl adjacent to an activating group) is 2. The molecule has 0 heterocycles. The highest BCUT2D eigenvalue weighted by atomic mass is 32.1.